The summed E-state index contributed by atoms with van der Waals surface area (Å²) in [6, 6.07) is 23.5. The van der Waals surface area contributed by atoms with E-state index in [2.05, 4.69) is 5.32 Å². The fraction of sp³-hybridized carbons (Fsp3) is 0.0909. The van der Waals surface area contributed by atoms with Crippen LogP contribution in [0.2, 0.25) is 5.02 Å². The van der Waals surface area contributed by atoms with E-state index < -0.39 is 0 Å². The van der Waals surface area contributed by atoms with E-state index in [9.17, 15) is 0 Å². The molecule has 27 heavy (non-hydrogen) atoms. The van der Waals surface area contributed by atoms with Crippen LogP contribution in [0, 0.1) is 0 Å². The number of nitrogens with one attached hydrogen (secondary N) is 1. The van der Waals surface area contributed by atoms with Crippen LogP contribution in [-0.4, -0.2) is 17.1 Å². The summed E-state index contributed by atoms with van der Waals surface area (Å²) in [6.45, 7) is 0.653. The zero-order valence-corrected chi connectivity index (χ0v) is 15.6. The number of aromatic nitrogens is 2. The Morgan fingerprint density at radius 1 is 0.889 bits per heavy atom. The molecule has 0 aliphatic heterocycles. The molecule has 1 N–H and O–H groups in total. The van der Waals surface area contributed by atoms with Crippen LogP contribution in [0.15, 0.2) is 72.8 Å². The highest BCUT2D eigenvalue weighted by Crippen LogP contribution is 2.26. The van der Waals surface area contributed by atoms with Gasteiger partial charge in [0.1, 0.15) is 11.6 Å². The molecule has 1 heterocycles. The molecule has 0 saturated carbocycles. The van der Waals surface area contributed by atoms with Crippen LogP contribution in [0.5, 0.6) is 5.75 Å². The van der Waals surface area contributed by atoms with Crippen molar-refractivity contribution >= 4 is 28.3 Å². The number of hydrogen-bond acceptors (Lipinski definition) is 4. The van der Waals surface area contributed by atoms with Gasteiger partial charge >= 0.3 is 0 Å². The first-order valence-electron chi connectivity index (χ1n) is 8.62. The number of fused-ring (bicyclic) bond motifs is 1. The van der Waals surface area contributed by atoms with Crippen LogP contribution in [-0.2, 0) is 6.54 Å². The molecule has 0 atom stereocenters. The highest BCUT2D eigenvalue weighted by atomic mass is 35.5. The predicted molar refractivity (Wildman–Crippen MR) is 110 cm³/mol. The van der Waals surface area contributed by atoms with Gasteiger partial charge in [0.05, 0.1) is 12.6 Å². The SMILES string of the molecule is COc1ccc(-c2nc(NCc3ccc(Cl)cc3)c3ccccc3n2)cc1. The van der Waals surface area contributed by atoms with Crippen molar-refractivity contribution in [3.8, 4) is 17.1 Å². The summed E-state index contributed by atoms with van der Waals surface area (Å²) >= 11 is 5.97. The van der Waals surface area contributed by atoms with Crippen molar-refractivity contribution < 1.29 is 4.74 Å². The van der Waals surface area contributed by atoms with Crippen molar-refractivity contribution in [2.45, 2.75) is 6.54 Å². The lowest BCUT2D eigenvalue weighted by Gasteiger charge is -2.11. The summed E-state index contributed by atoms with van der Waals surface area (Å²) in [5.41, 5.74) is 2.97. The minimum atomic E-state index is 0.653. The number of anilines is 1. The maximum Gasteiger partial charge on any atom is 0.162 e. The van der Waals surface area contributed by atoms with Gasteiger partial charge in [-0.3, -0.25) is 0 Å². The molecule has 5 heteroatoms. The molecular weight excluding hydrogens is 358 g/mol. The van der Waals surface area contributed by atoms with Crippen LogP contribution < -0.4 is 10.1 Å². The molecule has 4 rings (SSSR count). The fourth-order valence-electron chi connectivity index (χ4n) is 2.87. The van der Waals surface area contributed by atoms with E-state index in [1.807, 2.05) is 72.8 Å². The first kappa shape index (κ1) is 17.3. The second kappa shape index (κ2) is 7.64. The predicted octanol–water partition coefficient (Wildman–Crippen LogP) is 5.57. The number of para-hydroxylation sites is 1. The molecular formula is C22H18ClN3O. The van der Waals surface area contributed by atoms with E-state index >= 15 is 0 Å². The fourth-order valence-corrected chi connectivity index (χ4v) is 2.99. The smallest absolute Gasteiger partial charge is 0.162 e. The highest BCUT2D eigenvalue weighted by molar-refractivity contribution is 6.30. The molecule has 0 fully saturated rings. The summed E-state index contributed by atoms with van der Waals surface area (Å²) in [6.07, 6.45) is 0. The Labute approximate surface area is 162 Å². The maximum atomic E-state index is 5.97. The summed E-state index contributed by atoms with van der Waals surface area (Å²) < 4.78 is 5.23. The van der Waals surface area contributed by atoms with Crippen molar-refractivity contribution in [2.24, 2.45) is 0 Å². The lowest BCUT2D eigenvalue weighted by Crippen LogP contribution is -2.04. The second-order valence-electron chi connectivity index (χ2n) is 6.12. The molecule has 3 aromatic carbocycles. The van der Waals surface area contributed by atoms with E-state index in [1.54, 1.807) is 7.11 Å². The molecule has 0 aliphatic carbocycles. The monoisotopic (exact) mass is 375 g/mol. The van der Waals surface area contributed by atoms with Gasteiger partial charge in [0.25, 0.3) is 0 Å². The first-order valence-corrected chi connectivity index (χ1v) is 9.00. The second-order valence-corrected chi connectivity index (χ2v) is 6.56. The molecule has 0 amide bonds. The Balaban J connectivity index is 1.70. The van der Waals surface area contributed by atoms with Gasteiger partial charge in [0.2, 0.25) is 0 Å². The van der Waals surface area contributed by atoms with Gasteiger partial charge < -0.3 is 10.1 Å². The van der Waals surface area contributed by atoms with Gasteiger partial charge in [0.15, 0.2) is 5.82 Å². The summed E-state index contributed by atoms with van der Waals surface area (Å²) in [5.74, 6) is 2.29. The van der Waals surface area contributed by atoms with Crippen molar-refractivity contribution in [1.29, 1.82) is 0 Å². The molecule has 4 aromatic rings. The van der Waals surface area contributed by atoms with E-state index in [-0.39, 0.29) is 0 Å². The Bertz CT molecular complexity index is 1060. The summed E-state index contributed by atoms with van der Waals surface area (Å²) in [4.78, 5) is 9.49. The average molecular weight is 376 g/mol. The molecule has 4 nitrogen and oxygen atoms in total. The standard InChI is InChI=1S/C22H18ClN3O/c1-27-18-12-8-16(9-13-18)21-25-20-5-3-2-4-19(20)22(26-21)24-14-15-6-10-17(23)11-7-15/h2-13H,14H2,1H3,(H,24,25,26). The van der Waals surface area contributed by atoms with Gasteiger partial charge in [-0.1, -0.05) is 35.9 Å². The number of ether oxygens (including phenoxy) is 1. The Hall–Kier alpha value is -3.11. The van der Waals surface area contributed by atoms with Crippen LogP contribution >= 0.6 is 11.6 Å². The third kappa shape index (κ3) is 3.86. The van der Waals surface area contributed by atoms with Crippen molar-refractivity contribution in [3.05, 3.63) is 83.4 Å². The molecule has 0 unspecified atom stereocenters. The van der Waals surface area contributed by atoms with Crippen LogP contribution in [0.1, 0.15) is 5.56 Å². The molecule has 134 valence electrons. The Morgan fingerprint density at radius 3 is 2.37 bits per heavy atom. The van der Waals surface area contributed by atoms with Crippen molar-refractivity contribution in [3.63, 3.8) is 0 Å². The quantitative estimate of drug-likeness (QED) is 0.495. The number of halogens is 1. The number of methoxy groups -OCH3 is 1. The normalized spacial score (nSPS) is 10.7. The zero-order valence-electron chi connectivity index (χ0n) is 14.8. The van der Waals surface area contributed by atoms with E-state index in [1.165, 1.54) is 0 Å². The number of rotatable bonds is 5. The summed E-state index contributed by atoms with van der Waals surface area (Å²) in [5, 5.41) is 5.16. The number of nitrogens with zero attached hydrogens (tertiary/aromatic N) is 2. The minimum absolute atomic E-state index is 0.653. The molecule has 0 aliphatic rings. The third-order valence-electron chi connectivity index (χ3n) is 4.32. The topological polar surface area (TPSA) is 47.0 Å². The minimum Gasteiger partial charge on any atom is -0.497 e. The van der Waals surface area contributed by atoms with Crippen LogP contribution in [0.4, 0.5) is 5.82 Å². The highest BCUT2D eigenvalue weighted by Gasteiger charge is 2.09. The summed E-state index contributed by atoms with van der Waals surface area (Å²) in [7, 11) is 1.65. The third-order valence-corrected chi connectivity index (χ3v) is 4.58. The van der Waals surface area contributed by atoms with Gasteiger partial charge in [-0.25, -0.2) is 9.97 Å². The Kier molecular flexibility index (Phi) is 4.90. The number of hydrogen-bond donors (Lipinski definition) is 1. The van der Waals surface area contributed by atoms with Gasteiger partial charge in [-0.05, 0) is 54.1 Å². The van der Waals surface area contributed by atoms with E-state index in [0.29, 0.717) is 12.4 Å². The number of benzene rings is 3. The van der Waals surface area contributed by atoms with Crippen LogP contribution in [0.3, 0.4) is 0 Å². The molecule has 1 aromatic heterocycles. The van der Waals surface area contributed by atoms with Crippen molar-refractivity contribution in [2.75, 3.05) is 12.4 Å². The van der Waals surface area contributed by atoms with Crippen LogP contribution in [0.25, 0.3) is 22.3 Å². The Morgan fingerprint density at radius 2 is 1.63 bits per heavy atom. The average Bonchev–Trinajstić information content (AvgIpc) is 2.73. The van der Waals surface area contributed by atoms with Gasteiger partial charge in [0, 0.05) is 22.5 Å². The van der Waals surface area contributed by atoms with E-state index in [4.69, 9.17) is 26.3 Å². The molecule has 0 saturated heterocycles. The lowest BCUT2D eigenvalue weighted by atomic mass is 10.1. The van der Waals surface area contributed by atoms with Gasteiger partial charge in [-0.2, -0.15) is 0 Å². The molecule has 0 spiro atoms. The van der Waals surface area contributed by atoms with Gasteiger partial charge in [-0.15, -0.1) is 0 Å². The zero-order chi connectivity index (χ0) is 18.6. The molecule has 0 radical (unpaired) electrons. The van der Waals surface area contributed by atoms with E-state index in [0.717, 1.165) is 38.6 Å². The maximum absolute atomic E-state index is 5.97. The molecule has 0 bridgehead atoms. The first-order chi connectivity index (χ1) is 13.2. The largest absolute Gasteiger partial charge is 0.497 e. The van der Waals surface area contributed by atoms with Crippen molar-refractivity contribution in [1.82, 2.24) is 9.97 Å². The lowest BCUT2D eigenvalue weighted by molar-refractivity contribution is 0.415.